The van der Waals surface area contributed by atoms with Gasteiger partial charge in [-0.3, -0.25) is 0 Å². The first-order chi connectivity index (χ1) is 29.6. The number of hydrogen-bond acceptors (Lipinski definition) is 4. The predicted molar refractivity (Wildman–Crippen MR) is 254 cm³/mol. The average molecular weight is 781 g/mol. The molecule has 0 saturated carbocycles. The highest BCUT2D eigenvalue weighted by atomic mass is 16.5. The minimum Gasteiger partial charge on any atom is -0.497 e. The van der Waals surface area contributed by atoms with Gasteiger partial charge in [-0.15, -0.1) is 0 Å². The van der Waals surface area contributed by atoms with Gasteiger partial charge in [0, 0.05) is 34.1 Å². The molecule has 8 rings (SSSR count). The highest BCUT2D eigenvalue weighted by Gasteiger charge is 2.14. The van der Waals surface area contributed by atoms with Crippen molar-refractivity contribution in [1.82, 2.24) is 0 Å². The fraction of sp³-hybridized carbons (Fsp3) is 0.0714. The topological polar surface area (TPSA) is 24.9 Å². The van der Waals surface area contributed by atoms with E-state index in [1.54, 1.807) is 14.2 Å². The van der Waals surface area contributed by atoms with Gasteiger partial charge in [-0.2, -0.15) is 0 Å². The van der Waals surface area contributed by atoms with E-state index in [4.69, 9.17) is 9.47 Å². The molecule has 8 aromatic rings. The Morgan fingerprint density at radius 1 is 0.300 bits per heavy atom. The van der Waals surface area contributed by atoms with E-state index in [-0.39, 0.29) is 0 Å². The average Bonchev–Trinajstić information content (AvgIpc) is 3.32. The smallest absolute Gasteiger partial charge is 0.118 e. The summed E-state index contributed by atoms with van der Waals surface area (Å²) in [5.41, 5.74) is 13.9. The van der Waals surface area contributed by atoms with Gasteiger partial charge in [-0.05, 0) is 143 Å². The molecule has 0 spiro atoms. The number of anilines is 6. The number of aryl methyl sites for hydroxylation is 2. The Morgan fingerprint density at radius 3 is 0.833 bits per heavy atom. The first kappa shape index (κ1) is 39.3. The molecule has 0 aromatic heterocycles. The molecule has 0 aliphatic carbocycles. The van der Waals surface area contributed by atoms with E-state index in [2.05, 4.69) is 216 Å². The van der Waals surface area contributed by atoms with Crippen LogP contribution >= 0.6 is 0 Å². The van der Waals surface area contributed by atoms with Crippen LogP contribution < -0.4 is 19.3 Å². The molecular formula is C56H48N2O2. The predicted octanol–water partition coefficient (Wildman–Crippen LogP) is 14.8. The molecule has 0 amide bonds. The van der Waals surface area contributed by atoms with Gasteiger partial charge in [0.25, 0.3) is 0 Å². The molecule has 0 N–H and O–H groups in total. The molecule has 0 saturated heterocycles. The maximum absolute atomic E-state index is 5.30. The largest absolute Gasteiger partial charge is 0.497 e. The van der Waals surface area contributed by atoms with Crippen LogP contribution in [-0.2, 0) is 12.8 Å². The normalized spacial score (nSPS) is 11.2. The second kappa shape index (κ2) is 19.3. The number of nitrogens with zero attached hydrogens (tertiary/aromatic N) is 2. The third kappa shape index (κ3) is 9.93. The van der Waals surface area contributed by atoms with Crippen LogP contribution in [0, 0.1) is 0 Å². The van der Waals surface area contributed by atoms with Gasteiger partial charge in [0.15, 0.2) is 0 Å². The third-order valence-electron chi connectivity index (χ3n) is 10.6. The number of benzene rings is 8. The van der Waals surface area contributed by atoms with Crippen LogP contribution in [0.5, 0.6) is 11.5 Å². The summed E-state index contributed by atoms with van der Waals surface area (Å²) < 4.78 is 10.6. The van der Waals surface area contributed by atoms with Gasteiger partial charge in [-0.1, -0.05) is 133 Å². The monoisotopic (exact) mass is 780 g/mol. The van der Waals surface area contributed by atoms with Crippen LogP contribution in [0.1, 0.15) is 33.4 Å². The van der Waals surface area contributed by atoms with Gasteiger partial charge in [0.05, 0.1) is 14.2 Å². The van der Waals surface area contributed by atoms with Crippen LogP contribution in [0.25, 0.3) is 24.3 Å². The molecule has 4 nitrogen and oxygen atoms in total. The molecule has 0 bridgehead atoms. The van der Waals surface area contributed by atoms with E-state index < -0.39 is 0 Å². The Morgan fingerprint density at radius 2 is 0.550 bits per heavy atom. The fourth-order valence-corrected chi connectivity index (χ4v) is 7.24. The Balaban J connectivity index is 0.938. The van der Waals surface area contributed by atoms with Gasteiger partial charge in [0.1, 0.15) is 11.5 Å². The van der Waals surface area contributed by atoms with Crippen LogP contribution in [0.3, 0.4) is 0 Å². The van der Waals surface area contributed by atoms with E-state index in [0.717, 1.165) is 80.7 Å². The second-order valence-electron chi connectivity index (χ2n) is 14.6. The lowest BCUT2D eigenvalue weighted by atomic mass is 10.0. The highest BCUT2D eigenvalue weighted by Crippen LogP contribution is 2.36. The molecule has 0 aliphatic heterocycles. The van der Waals surface area contributed by atoms with Crippen molar-refractivity contribution >= 4 is 58.4 Å². The van der Waals surface area contributed by atoms with Crippen LogP contribution in [0.4, 0.5) is 34.1 Å². The Labute approximate surface area is 354 Å². The van der Waals surface area contributed by atoms with Crippen molar-refractivity contribution in [3.63, 3.8) is 0 Å². The minimum atomic E-state index is 0.858. The number of rotatable bonds is 15. The molecular weight excluding hydrogens is 733 g/mol. The molecule has 0 heterocycles. The lowest BCUT2D eigenvalue weighted by molar-refractivity contribution is 0.414. The van der Waals surface area contributed by atoms with Crippen molar-refractivity contribution in [2.75, 3.05) is 24.0 Å². The molecule has 8 aromatic carbocycles. The highest BCUT2D eigenvalue weighted by molar-refractivity contribution is 5.80. The van der Waals surface area contributed by atoms with Crippen molar-refractivity contribution < 1.29 is 9.47 Å². The van der Waals surface area contributed by atoms with E-state index in [1.165, 1.54) is 11.1 Å². The second-order valence-corrected chi connectivity index (χ2v) is 14.6. The Bertz CT molecular complexity index is 2410. The fourth-order valence-electron chi connectivity index (χ4n) is 7.24. The summed E-state index contributed by atoms with van der Waals surface area (Å²) in [6.45, 7) is 0. The summed E-state index contributed by atoms with van der Waals surface area (Å²) in [6.07, 6.45) is 10.4. The maximum Gasteiger partial charge on any atom is 0.118 e. The summed E-state index contributed by atoms with van der Waals surface area (Å²) in [5, 5.41) is 0. The molecule has 60 heavy (non-hydrogen) atoms. The van der Waals surface area contributed by atoms with Crippen molar-refractivity contribution in [2.24, 2.45) is 0 Å². The summed E-state index contributed by atoms with van der Waals surface area (Å²) in [6, 6.07) is 72.7. The van der Waals surface area contributed by atoms with Gasteiger partial charge in [-0.25, -0.2) is 0 Å². The molecule has 0 atom stereocenters. The maximum atomic E-state index is 5.30. The molecule has 0 unspecified atom stereocenters. The van der Waals surface area contributed by atoms with Crippen molar-refractivity contribution in [3.05, 3.63) is 240 Å². The van der Waals surface area contributed by atoms with Crippen molar-refractivity contribution in [3.8, 4) is 11.5 Å². The lowest BCUT2D eigenvalue weighted by Crippen LogP contribution is -2.10. The summed E-state index contributed by atoms with van der Waals surface area (Å²) in [4.78, 5) is 4.62. The zero-order chi connectivity index (χ0) is 40.9. The summed E-state index contributed by atoms with van der Waals surface area (Å²) in [7, 11) is 3.38. The minimum absolute atomic E-state index is 0.858. The molecule has 4 heteroatoms. The first-order valence-electron chi connectivity index (χ1n) is 20.3. The standard InChI is InChI=1S/C56H48N2O2/c1-59-55-39-27-47(28-40-55)17-15-45-23-35-53(36-24-45)57(49-9-5-3-6-10-49)51-31-19-43(20-32-51)13-14-44-21-33-52(34-22-44)58(50-11-7-4-8-12-50)54-37-25-46(26-38-54)16-18-48-29-41-56(60-2)42-30-48/h3-12,15-42H,13-14H2,1-2H3/b17-15+,18-16+. The van der Waals surface area contributed by atoms with Gasteiger partial charge in [0.2, 0.25) is 0 Å². The van der Waals surface area contributed by atoms with Crippen LogP contribution in [0.2, 0.25) is 0 Å². The quantitative estimate of drug-likeness (QED) is 0.0968. The molecule has 0 aliphatic rings. The number of para-hydroxylation sites is 2. The zero-order valence-corrected chi connectivity index (χ0v) is 34.1. The van der Waals surface area contributed by atoms with E-state index in [1.807, 2.05) is 24.3 Å². The van der Waals surface area contributed by atoms with E-state index in [9.17, 15) is 0 Å². The van der Waals surface area contributed by atoms with Crippen molar-refractivity contribution in [1.29, 1.82) is 0 Å². The van der Waals surface area contributed by atoms with E-state index >= 15 is 0 Å². The first-order valence-corrected chi connectivity index (χ1v) is 20.3. The number of ether oxygens (including phenoxy) is 2. The van der Waals surface area contributed by atoms with Gasteiger partial charge >= 0.3 is 0 Å². The van der Waals surface area contributed by atoms with E-state index in [0.29, 0.717) is 0 Å². The number of methoxy groups -OCH3 is 2. The Kier molecular flexibility index (Phi) is 12.6. The molecule has 294 valence electrons. The summed E-state index contributed by atoms with van der Waals surface area (Å²) >= 11 is 0. The SMILES string of the molecule is COc1ccc(/C=C/c2ccc(N(c3ccccc3)c3ccc(CCc4ccc(N(c5ccccc5)c5ccc(/C=C/c6ccc(OC)cc6)cc5)cc4)cc3)cc2)cc1. The van der Waals surface area contributed by atoms with Gasteiger partial charge < -0.3 is 19.3 Å². The molecule has 0 fully saturated rings. The Hall–Kier alpha value is -7.56. The lowest BCUT2D eigenvalue weighted by Gasteiger charge is -2.26. The summed E-state index contributed by atoms with van der Waals surface area (Å²) in [5.74, 6) is 1.72. The molecule has 0 radical (unpaired) electrons. The zero-order valence-electron chi connectivity index (χ0n) is 34.1. The van der Waals surface area contributed by atoms with Crippen molar-refractivity contribution in [2.45, 2.75) is 12.8 Å². The third-order valence-corrected chi connectivity index (χ3v) is 10.6. The number of hydrogen-bond donors (Lipinski definition) is 0. The van der Waals surface area contributed by atoms with Crippen LogP contribution in [-0.4, -0.2) is 14.2 Å². The van der Waals surface area contributed by atoms with Crippen LogP contribution in [0.15, 0.2) is 206 Å².